The third-order valence-electron chi connectivity index (χ3n) is 3.63. The third kappa shape index (κ3) is 3.26. The minimum Gasteiger partial charge on any atom is -0.423 e. The summed E-state index contributed by atoms with van der Waals surface area (Å²) >= 11 is 0. The Morgan fingerprint density at radius 2 is 2.00 bits per heavy atom. The van der Waals surface area contributed by atoms with E-state index in [-0.39, 0.29) is 5.91 Å². The van der Waals surface area contributed by atoms with Crippen LogP contribution in [0.25, 0.3) is 11.5 Å². The number of rotatable bonds is 3. The van der Waals surface area contributed by atoms with E-state index in [0.29, 0.717) is 11.5 Å². The predicted molar refractivity (Wildman–Crippen MR) is 75.4 cm³/mol. The summed E-state index contributed by atoms with van der Waals surface area (Å²) in [6, 6.07) is 7.12. The van der Waals surface area contributed by atoms with Crippen molar-refractivity contribution in [3.63, 3.8) is 0 Å². The lowest BCUT2D eigenvalue weighted by Crippen LogP contribution is -3.12. The molecule has 0 unspecified atom stereocenters. The van der Waals surface area contributed by atoms with Crippen LogP contribution in [0, 0.1) is 0 Å². The van der Waals surface area contributed by atoms with Crippen LogP contribution in [0.5, 0.6) is 0 Å². The van der Waals surface area contributed by atoms with Crippen LogP contribution in [0.15, 0.2) is 35.1 Å². The van der Waals surface area contributed by atoms with Gasteiger partial charge < -0.3 is 9.32 Å². The molecule has 0 radical (unpaired) electrons. The van der Waals surface area contributed by atoms with Crippen molar-refractivity contribution < 1.29 is 14.1 Å². The summed E-state index contributed by atoms with van der Waals surface area (Å²) in [5.41, 5.74) is 4.35. The van der Waals surface area contributed by atoms with Gasteiger partial charge in [-0.1, -0.05) is 0 Å². The number of benzene rings is 1. The number of hydrogen-bond donors (Lipinski definition) is 2. The van der Waals surface area contributed by atoms with Gasteiger partial charge in [-0.25, -0.2) is 5.01 Å². The van der Waals surface area contributed by atoms with Gasteiger partial charge in [0.15, 0.2) is 0 Å². The van der Waals surface area contributed by atoms with Gasteiger partial charge in [0.25, 0.3) is 5.91 Å². The zero-order valence-electron chi connectivity index (χ0n) is 11.9. The predicted octanol–water partition coefficient (Wildman–Crippen LogP) is -0.788. The molecule has 7 nitrogen and oxygen atoms in total. The monoisotopic (exact) mass is 288 g/mol. The first kappa shape index (κ1) is 13.7. The van der Waals surface area contributed by atoms with Gasteiger partial charge in [-0.2, -0.15) is 0 Å². The molecule has 0 saturated carbocycles. The molecule has 0 bridgehead atoms. The molecule has 0 spiro atoms. The smallest absolute Gasteiger partial charge is 0.265 e. The Kier molecular flexibility index (Phi) is 3.94. The molecule has 110 valence electrons. The summed E-state index contributed by atoms with van der Waals surface area (Å²) in [5.74, 6) is 0.357. The molecule has 2 heterocycles. The highest BCUT2D eigenvalue weighted by Crippen LogP contribution is 2.16. The van der Waals surface area contributed by atoms with Crippen LogP contribution in [0.2, 0.25) is 0 Å². The van der Waals surface area contributed by atoms with Gasteiger partial charge in [0.2, 0.25) is 12.3 Å². The van der Waals surface area contributed by atoms with Gasteiger partial charge >= 0.3 is 0 Å². The molecule has 1 aliphatic rings. The van der Waals surface area contributed by atoms with Crippen LogP contribution in [0.3, 0.4) is 0 Å². The SMILES string of the molecule is C[NH+]1CCN(NC(=O)c2ccc(-c3nnco3)cc2)CC1. The van der Waals surface area contributed by atoms with Gasteiger partial charge in [-0.05, 0) is 24.3 Å². The Morgan fingerprint density at radius 1 is 1.29 bits per heavy atom. The van der Waals surface area contributed by atoms with Gasteiger partial charge in [-0.3, -0.25) is 10.2 Å². The molecular weight excluding hydrogens is 270 g/mol. The zero-order valence-corrected chi connectivity index (χ0v) is 11.9. The number of likely N-dealkylation sites (N-methyl/N-ethyl adjacent to an activating group) is 1. The summed E-state index contributed by atoms with van der Waals surface area (Å²) in [5, 5.41) is 9.44. The Hall–Kier alpha value is -2.25. The Morgan fingerprint density at radius 3 is 2.62 bits per heavy atom. The number of amides is 1. The second kappa shape index (κ2) is 6.02. The molecule has 1 aromatic heterocycles. The Labute approximate surface area is 122 Å². The van der Waals surface area contributed by atoms with E-state index in [1.807, 2.05) is 5.01 Å². The molecule has 1 amide bonds. The van der Waals surface area contributed by atoms with Gasteiger partial charge in [0.05, 0.1) is 33.2 Å². The molecule has 1 aromatic carbocycles. The van der Waals surface area contributed by atoms with Crippen molar-refractivity contribution in [1.82, 2.24) is 20.6 Å². The van der Waals surface area contributed by atoms with Crippen molar-refractivity contribution in [3.05, 3.63) is 36.2 Å². The lowest BCUT2D eigenvalue weighted by molar-refractivity contribution is -0.884. The van der Waals surface area contributed by atoms with Crippen LogP contribution in [-0.4, -0.2) is 54.3 Å². The molecule has 2 N–H and O–H groups in total. The largest absolute Gasteiger partial charge is 0.423 e. The fourth-order valence-corrected chi connectivity index (χ4v) is 2.27. The topological polar surface area (TPSA) is 75.7 Å². The molecule has 3 rings (SSSR count). The van der Waals surface area contributed by atoms with E-state index in [0.717, 1.165) is 31.7 Å². The van der Waals surface area contributed by atoms with Crippen molar-refractivity contribution in [3.8, 4) is 11.5 Å². The van der Waals surface area contributed by atoms with Gasteiger partial charge in [-0.15, -0.1) is 10.2 Å². The number of nitrogens with one attached hydrogen (secondary N) is 2. The average Bonchev–Trinajstić information content (AvgIpc) is 3.04. The molecule has 7 heteroatoms. The number of carbonyl (C=O) groups excluding carboxylic acids is 1. The van der Waals surface area contributed by atoms with Gasteiger partial charge in [0, 0.05) is 11.1 Å². The van der Waals surface area contributed by atoms with Crippen molar-refractivity contribution in [1.29, 1.82) is 0 Å². The number of quaternary nitrogens is 1. The molecule has 0 atom stereocenters. The van der Waals surface area contributed by atoms with Crippen molar-refractivity contribution >= 4 is 5.91 Å². The Bertz CT molecular complexity index is 588. The molecule has 0 aliphatic carbocycles. The number of nitrogens with zero attached hydrogens (tertiary/aromatic N) is 3. The van der Waals surface area contributed by atoms with Gasteiger partial charge in [0.1, 0.15) is 0 Å². The quantitative estimate of drug-likeness (QED) is 0.774. The second-order valence-corrected chi connectivity index (χ2v) is 5.21. The number of aromatic nitrogens is 2. The summed E-state index contributed by atoms with van der Waals surface area (Å²) in [6.07, 6.45) is 1.28. The normalized spacial score (nSPS) is 16.8. The standard InChI is InChI=1S/C14H17N5O2/c1-18-6-8-19(9-7-18)17-13(20)11-2-4-12(5-3-11)14-16-15-10-21-14/h2-5,10H,6-9H2,1H3,(H,17,20)/p+1. The maximum atomic E-state index is 12.2. The van der Waals surface area contributed by atoms with Crippen molar-refractivity contribution in [2.45, 2.75) is 0 Å². The maximum absolute atomic E-state index is 12.2. The van der Waals surface area contributed by atoms with Crippen LogP contribution >= 0.6 is 0 Å². The molecule has 21 heavy (non-hydrogen) atoms. The highest BCUT2D eigenvalue weighted by molar-refractivity contribution is 5.94. The van der Waals surface area contributed by atoms with E-state index >= 15 is 0 Å². The number of hydrazine groups is 1. The van der Waals surface area contributed by atoms with Crippen LogP contribution in [0.1, 0.15) is 10.4 Å². The minimum absolute atomic E-state index is 0.0911. The lowest BCUT2D eigenvalue weighted by atomic mass is 10.1. The highest BCUT2D eigenvalue weighted by atomic mass is 16.4. The van der Waals surface area contributed by atoms with E-state index in [9.17, 15) is 4.79 Å². The highest BCUT2D eigenvalue weighted by Gasteiger charge is 2.18. The number of piperazine rings is 1. The summed E-state index contributed by atoms with van der Waals surface area (Å²) in [6.45, 7) is 3.82. The Balaban J connectivity index is 1.62. The minimum atomic E-state index is -0.0911. The van der Waals surface area contributed by atoms with E-state index in [4.69, 9.17) is 4.42 Å². The fourth-order valence-electron chi connectivity index (χ4n) is 2.27. The number of hydrogen-bond acceptors (Lipinski definition) is 5. The summed E-state index contributed by atoms with van der Waals surface area (Å²) in [4.78, 5) is 13.7. The average molecular weight is 288 g/mol. The van der Waals surface area contributed by atoms with Crippen LogP contribution in [-0.2, 0) is 0 Å². The molecule has 2 aromatic rings. The second-order valence-electron chi connectivity index (χ2n) is 5.21. The van der Waals surface area contributed by atoms with E-state index in [2.05, 4.69) is 22.7 Å². The summed E-state index contributed by atoms with van der Waals surface area (Å²) < 4.78 is 5.12. The van der Waals surface area contributed by atoms with Crippen molar-refractivity contribution in [2.24, 2.45) is 0 Å². The first-order valence-corrected chi connectivity index (χ1v) is 6.96. The molecule has 1 saturated heterocycles. The number of carbonyl (C=O) groups is 1. The zero-order chi connectivity index (χ0) is 14.7. The lowest BCUT2D eigenvalue weighted by Gasteiger charge is -2.30. The van der Waals surface area contributed by atoms with E-state index in [1.54, 1.807) is 24.3 Å². The molecular formula is C14H18N5O2+. The van der Waals surface area contributed by atoms with E-state index < -0.39 is 0 Å². The van der Waals surface area contributed by atoms with Crippen LogP contribution in [0.4, 0.5) is 0 Å². The third-order valence-corrected chi connectivity index (χ3v) is 3.63. The van der Waals surface area contributed by atoms with Crippen LogP contribution < -0.4 is 10.3 Å². The first-order chi connectivity index (χ1) is 10.2. The fraction of sp³-hybridized carbons (Fsp3) is 0.357. The van der Waals surface area contributed by atoms with Crippen molar-refractivity contribution in [2.75, 3.05) is 33.2 Å². The van der Waals surface area contributed by atoms with E-state index in [1.165, 1.54) is 11.3 Å². The molecule has 1 fully saturated rings. The maximum Gasteiger partial charge on any atom is 0.265 e. The first-order valence-electron chi connectivity index (χ1n) is 6.96. The summed E-state index contributed by atoms with van der Waals surface area (Å²) in [7, 11) is 2.16. The molecule has 1 aliphatic heterocycles.